The van der Waals surface area contributed by atoms with Crippen molar-refractivity contribution in [1.82, 2.24) is 9.55 Å². The largest absolute Gasteiger partial charge is 0.394 e. The van der Waals surface area contributed by atoms with Crippen LogP contribution in [0.3, 0.4) is 0 Å². The Morgan fingerprint density at radius 3 is 2.80 bits per heavy atom. The zero-order chi connectivity index (χ0) is 14.9. The Hall–Kier alpha value is -1.63. The van der Waals surface area contributed by atoms with E-state index in [-0.39, 0.29) is 0 Å². The van der Waals surface area contributed by atoms with Crippen molar-refractivity contribution in [2.75, 3.05) is 6.61 Å². The van der Waals surface area contributed by atoms with Crippen LogP contribution in [-0.4, -0.2) is 49.3 Å². The van der Waals surface area contributed by atoms with Crippen LogP contribution in [0.2, 0.25) is 0 Å². The van der Waals surface area contributed by atoms with Gasteiger partial charge in [0.1, 0.15) is 12.2 Å². The van der Waals surface area contributed by atoms with E-state index in [0.29, 0.717) is 0 Å². The first-order valence-electron chi connectivity index (χ1n) is 5.55. The smallest absolute Gasteiger partial charge is 0.330 e. The zero-order valence-electron chi connectivity index (χ0n) is 9.99. The third-order valence-electron chi connectivity index (χ3n) is 3.01. The molecule has 2 heterocycles. The predicted molar refractivity (Wildman–Crippen MR) is 66.9 cm³/mol. The van der Waals surface area contributed by atoms with Gasteiger partial charge in [-0.1, -0.05) is 0 Å². The molecule has 1 saturated heterocycles. The van der Waals surface area contributed by atoms with Crippen LogP contribution in [0, 0.1) is 11.3 Å². The van der Waals surface area contributed by atoms with Gasteiger partial charge in [0, 0.05) is 17.6 Å². The highest BCUT2D eigenvalue weighted by Gasteiger charge is 2.55. The molecule has 9 heteroatoms. The van der Waals surface area contributed by atoms with Gasteiger partial charge in [-0.2, -0.15) is 0 Å². The number of aliphatic hydroxyl groups excluding tert-OH is 2. The number of hydrogen-bond donors (Lipinski definition) is 4. The molecule has 4 N–H and O–H groups in total. The molecule has 1 aromatic heterocycles. The molecule has 0 radical (unpaired) electrons. The van der Waals surface area contributed by atoms with Crippen LogP contribution in [0.25, 0.3) is 0 Å². The van der Waals surface area contributed by atoms with Crippen LogP contribution in [0.15, 0.2) is 21.9 Å². The number of aromatic amines is 1. The number of aromatic nitrogens is 2. The molecule has 0 aromatic carbocycles. The van der Waals surface area contributed by atoms with E-state index >= 15 is 0 Å². The van der Waals surface area contributed by atoms with E-state index in [1.54, 1.807) is 0 Å². The zero-order valence-corrected chi connectivity index (χ0v) is 10.7. The van der Waals surface area contributed by atoms with E-state index in [1.165, 1.54) is 0 Å². The fourth-order valence-corrected chi connectivity index (χ4v) is 2.17. The van der Waals surface area contributed by atoms with Crippen molar-refractivity contribution in [3.05, 3.63) is 33.1 Å². The van der Waals surface area contributed by atoms with Crippen LogP contribution in [-0.2, 0) is 4.74 Å². The number of aliphatic hydroxyl groups is 3. The van der Waals surface area contributed by atoms with Gasteiger partial charge in [0.2, 0.25) is 5.60 Å². The van der Waals surface area contributed by atoms with Crippen LogP contribution >= 0.6 is 11.6 Å². The number of halogens is 1. The molecule has 1 fully saturated rings. The van der Waals surface area contributed by atoms with Gasteiger partial charge in [-0.15, -0.1) is 0 Å². The molecular weight excluding hydrogens is 292 g/mol. The molecule has 8 nitrogen and oxygen atoms in total. The first-order chi connectivity index (χ1) is 9.43. The Kier molecular flexibility index (Phi) is 3.99. The molecule has 0 saturated carbocycles. The standard InChI is InChI=1S/C11H11ClN2O6/c12-3-2-11(19)8(17)6(5-15)20-9(11)14-4-1-7(16)13-10(14)18/h1,4,6,8-9,15,17,19H,5H2,(H,13,16,18)/t6-,8-,9-,11-/m1/s1. The highest BCUT2D eigenvalue weighted by atomic mass is 35.5. The average molecular weight is 303 g/mol. The molecule has 1 aliphatic rings. The van der Waals surface area contributed by atoms with Crippen LogP contribution in [0.5, 0.6) is 0 Å². The Morgan fingerprint density at radius 2 is 2.25 bits per heavy atom. The average Bonchev–Trinajstić information content (AvgIpc) is 2.63. The highest BCUT2D eigenvalue weighted by molar-refractivity contribution is 6.30. The van der Waals surface area contributed by atoms with Gasteiger partial charge in [-0.05, 0) is 17.5 Å². The maximum atomic E-state index is 11.7. The number of ether oxygens (including phenoxy) is 1. The minimum atomic E-state index is -2.20. The third-order valence-corrected chi connectivity index (χ3v) is 3.11. The summed E-state index contributed by atoms with van der Waals surface area (Å²) in [6, 6.07) is 1.04. The van der Waals surface area contributed by atoms with Crippen molar-refractivity contribution in [3.8, 4) is 11.3 Å². The molecule has 0 aliphatic carbocycles. The van der Waals surface area contributed by atoms with E-state index in [0.717, 1.165) is 16.8 Å². The van der Waals surface area contributed by atoms with E-state index in [9.17, 15) is 19.8 Å². The molecule has 108 valence electrons. The summed E-state index contributed by atoms with van der Waals surface area (Å²) < 4.78 is 6.08. The fraction of sp³-hybridized carbons (Fsp3) is 0.455. The lowest BCUT2D eigenvalue weighted by Gasteiger charge is -2.26. The first-order valence-corrected chi connectivity index (χ1v) is 5.93. The Balaban J connectivity index is 2.55. The van der Waals surface area contributed by atoms with Crippen molar-refractivity contribution in [2.24, 2.45) is 0 Å². The molecule has 1 aliphatic heterocycles. The van der Waals surface area contributed by atoms with E-state index in [4.69, 9.17) is 21.4 Å². The molecule has 20 heavy (non-hydrogen) atoms. The summed E-state index contributed by atoms with van der Waals surface area (Å²) in [6.45, 7) is -0.595. The number of nitrogens with zero attached hydrogens (tertiary/aromatic N) is 1. The van der Waals surface area contributed by atoms with Gasteiger partial charge in [-0.25, -0.2) is 4.79 Å². The minimum Gasteiger partial charge on any atom is -0.394 e. The highest BCUT2D eigenvalue weighted by Crippen LogP contribution is 2.37. The topological polar surface area (TPSA) is 125 Å². The maximum absolute atomic E-state index is 11.7. The number of H-pyrrole nitrogens is 1. The number of nitrogens with one attached hydrogen (secondary N) is 1. The number of hydrogen-bond acceptors (Lipinski definition) is 6. The quantitative estimate of drug-likeness (QED) is 0.456. The van der Waals surface area contributed by atoms with Gasteiger partial charge in [-0.3, -0.25) is 14.3 Å². The lowest BCUT2D eigenvalue weighted by Crippen LogP contribution is -2.48. The Morgan fingerprint density at radius 1 is 1.55 bits per heavy atom. The van der Waals surface area contributed by atoms with Gasteiger partial charge < -0.3 is 20.1 Å². The second-order valence-electron chi connectivity index (χ2n) is 4.22. The van der Waals surface area contributed by atoms with Gasteiger partial charge >= 0.3 is 5.69 Å². The SMILES string of the molecule is O=c1ccn([C@@H]2O[C@H](CO)[C@@H](O)[C@]2(O)C#CCl)c(=O)[nH]1. The normalized spacial score (nSPS) is 32.7. The molecule has 4 atom stereocenters. The lowest BCUT2D eigenvalue weighted by molar-refractivity contribution is -0.0765. The van der Waals surface area contributed by atoms with Crippen LogP contribution in [0.4, 0.5) is 0 Å². The summed E-state index contributed by atoms with van der Waals surface area (Å²) in [5, 5.41) is 31.3. The molecule has 0 amide bonds. The van der Waals surface area contributed by atoms with E-state index in [2.05, 4.69) is 5.92 Å². The van der Waals surface area contributed by atoms with Crippen molar-refractivity contribution in [2.45, 2.75) is 24.0 Å². The number of rotatable bonds is 2. The summed E-state index contributed by atoms with van der Waals surface area (Å²) in [5.74, 6) is 2.16. The van der Waals surface area contributed by atoms with Crippen LogP contribution < -0.4 is 11.2 Å². The lowest BCUT2D eigenvalue weighted by atomic mass is 9.95. The van der Waals surface area contributed by atoms with Crippen molar-refractivity contribution < 1.29 is 20.1 Å². The summed E-state index contributed by atoms with van der Waals surface area (Å²) >= 11 is 5.25. The van der Waals surface area contributed by atoms with E-state index in [1.807, 2.05) is 10.4 Å². The van der Waals surface area contributed by atoms with Crippen molar-refractivity contribution in [1.29, 1.82) is 0 Å². The van der Waals surface area contributed by atoms with Crippen molar-refractivity contribution >= 4 is 11.6 Å². The molecule has 2 rings (SSSR count). The molecular formula is C11H11ClN2O6. The molecule has 0 spiro atoms. The van der Waals surface area contributed by atoms with Gasteiger partial charge in [0.05, 0.1) is 6.61 Å². The summed E-state index contributed by atoms with van der Waals surface area (Å²) in [7, 11) is 0. The monoisotopic (exact) mass is 302 g/mol. The molecule has 0 unspecified atom stereocenters. The van der Waals surface area contributed by atoms with Gasteiger partial charge in [0.15, 0.2) is 6.23 Å². The first kappa shape index (κ1) is 14.8. The molecule has 1 aromatic rings. The predicted octanol–water partition coefficient (Wildman–Crippen LogP) is -2.28. The third kappa shape index (κ3) is 2.26. The Labute approximate surface area is 117 Å². The Bertz CT molecular complexity index is 674. The fourth-order valence-electron chi connectivity index (χ4n) is 2.02. The van der Waals surface area contributed by atoms with Crippen molar-refractivity contribution in [3.63, 3.8) is 0 Å². The van der Waals surface area contributed by atoms with Crippen LogP contribution in [0.1, 0.15) is 6.23 Å². The van der Waals surface area contributed by atoms with Gasteiger partial charge in [0.25, 0.3) is 5.56 Å². The summed E-state index contributed by atoms with van der Waals surface area (Å²) in [5.41, 5.74) is -3.68. The second-order valence-corrected chi connectivity index (χ2v) is 4.41. The summed E-state index contributed by atoms with van der Waals surface area (Å²) in [6.07, 6.45) is -3.08. The van der Waals surface area contributed by atoms with E-state index < -0.39 is 41.9 Å². The maximum Gasteiger partial charge on any atom is 0.330 e. The minimum absolute atomic E-state index is 0.595. The second kappa shape index (κ2) is 5.40. The molecule has 0 bridgehead atoms. The summed E-state index contributed by atoms with van der Waals surface area (Å²) in [4.78, 5) is 24.7.